The van der Waals surface area contributed by atoms with Crippen molar-refractivity contribution in [3.63, 3.8) is 0 Å². The van der Waals surface area contributed by atoms with Crippen LogP contribution in [0.25, 0.3) is 0 Å². The van der Waals surface area contributed by atoms with Crippen molar-refractivity contribution in [2.24, 2.45) is 17.8 Å². The van der Waals surface area contributed by atoms with Gasteiger partial charge < -0.3 is 146 Å². The van der Waals surface area contributed by atoms with Gasteiger partial charge in [0.15, 0.2) is 30.9 Å². The Hall–Kier alpha value is -5.10. The number of amides is 7. The van der Waals surface area contributed by atoms with Crippen LogP contribution in [0.4, 0.5) is 0 Å². The fourth-order valence-corrected chi connectivity index (χ4v) is 14.4. The third kappa shape index (κ3) is 38.9. The lowest BCUT2D eigenvalue weighted by Crippen LogP contribution is -2.64. The number of nitrogens with one attached hydrogen (secondary N) is 7. The van der Waals surface area contributed by atoms with E-state index in [1.807, 2.05) is 0 Å². The van der Waals surface area contributed by atoms with Gasteiger partial charge in [-0.15, -0.1) is 0 Å². The minimum absolute atomic E-state index is 0.0164. The van der Waals surface area contributed by atoms with Crippen molar-refractivity contribution in [1.82, 2.24) is 37.2 Å². The molecule has 4 aliphatic rings. The molecule has 690 valence electrons. The molecule has 0 aromatic carbocycles. The molecule has 4 heterocycles. The number of ether oxygens (including phenoxy) is 8. The molecule has 4 saturated heterocycles. The van der Waals surface area contributed by atoms with Gasteiger partial charge in [0.25, 0.3) is 0 Å². The zero-order valence-corrected chi connectivity index (χ0v) is 70.2. The number of rotatable bonds is 62. The molecule has 4 rings (SSSR count). The molecule has 42 heteroatoms. The molecule has 0 bridgehead atoms. The topological polar surface area (TPSA) is 630 Å². The quantitative estimate of drug-likeness (QED) is 0.0211. The standard InChI is InChI=1S/C77H138N7O34P/c1-45-64(97)67(100)55(40-86)115-74(45)110-35-20-14-29-59(93)78-33-17-12-27-53(83-62(96)32-16-22-37-112-76-47(3)66(99)69(102)57(42-88)117-76)73(106)84-51(54(92)28-9-10-30-60(94)81-49(39-85)44-114-119(107,108)109-5)25-11-18-34-79-72(105)52(82-61(95)31-15-21-36-111-75-46(2)65(98)68(101)56(41-87)116-75)26-8-6-7-23-50(91)24-13-19-38-113-77-63(80-48(4)90)71(104)70(103)58(43-89)118-77/h45-47,49,51-53,55-58,63-71,74-77,85-89,97-104H,6-44H2,1-5H3,(H,78,93)(H,79,105)(H,80,90)(H,81,94)(H,82,95)(H,83,96)(H,84,106)(H,107,108)/t45-,46-,47-,49-,51+,52+,53+,55-,56-,57-,58-,63-,64-,65-,66-,67+,68+,69+,70+,71-,74-,75-,76-,77-/m1/s1. The highest BCUT2D eigenvalue weighted by molar-refractivity contribution is 7.47. The smallest absolute Gasteiger partial charge is 0.394 e. The lowest BCUT2D eigenvalue weighted by atomic mass is 9.92. The van der Waals surface area contributed by atoms with Crippen LogP contribution < -0.4 is 37.2 Å². The first-order valence-electron chi connectivity index (χ1n) is 41.9. The van der Waals surface area contributed by atoms with E-state index < -0.39 is 235 Å². The van der Waals surface area contributed by atoms with E-state index in [9.17, 15) is 119 Å². The second-order valence-corrected chi connectivity index (χ2v) is 32.6. The molecule has 1 unspecified atom stereocenters. The number of phosphoric acid groups is 1. The molecule has 4 fully saturated rings. The van der Waals surface area contributed by atoms with E-state index >= 15 is 0 Å². The first-order valence-corrected chi connectivity index (χ1v) is 43.4. The Labute approximate surface area is 695 Å². The largest absolute Gasteiger partial charge is 0.471 e. The van der Waals surface area contributed by atoms with Gasteiger partial charge in [-0.1, -0.05) is 33.6 Å². The molecule has 25 atom stereocenters. The highest BCUT2D eigenvalue weighted by Gasteiger charge is 2.47. The second kappa shape index (κ2) is 58.2. The van der Waals surface area contributed by atoms with Crippen LogP contribution in [-0.2, 0) is 94.7 Å². The zero-order valence-electron chi connectivity index (χ0n) is 69.3. The van der Waals surface area contributed by atoms with Crippen molar-refractivity contribution >= 4 is 60.7 Å². The van der Waals surface area contributed by atoms with Crippen molar-refractivity contribution in [3.8, 4) is 0 Å². The third-order valence-electron chi connectivity index (χ3n) is 21.4. The lowest BCUT2D eigenvalue weighted by Gasteiger charge is -2.42. The number of carbonyl (C=O) groups is 9. The Morgan fingerprint density at radius 1 is 0.395 bits per heavy atom. The fourth-order valence-electron chi connectivity index (χ4n) is 13.9. The molecule has 0 aromatic rings. The van der Waals surface area contributed by atoms with Crippen molar-refractivity contribution in [3.05, 3.63) is 0 Å². The van der Waals surface area contributed by atoms with Gasteiger partial charge in [0.1, 0.15) is 78.8 Å². The average molecular weight is 1740 g/mol. The number of hydrogen-bond donors (Lipinski definition) is 21. The van der Waals surface area contributed by atoms with Crippen LogP contribution in [0.5, 0.6) is 0 Å². The molecule has 119 heavy (non-hydrogen) atoms. The Morgan fingerprint density at radius 3 is 1.19 bits per heavy atom. The maximum Gasteiger partial charge on any atom is 0.471 e. The van der Waals surface area contributed by atoms with E-state index in [0.717, 1.165) is 7.11 Å². The van der Waals surface area contributed by atoms with E-state index in [4.69, 9.17) is 42.4 Å². The molecule has 4 aliphatic heterocycles. The van der Waals surface area contributed by atoms with Crippen molar-refractivity contribution in [2.75, 3.05) is 86.3 Å². The highest BCUT2D eigenvalue weighted by Crippen LogP contribution is 2.42. The van der Waals surface area contributed by atoms with Crippen LogP contribution in [0.1, 0.15) is 201 Å². The van der Waals surface area contributed by atoms with Crippen LogP contribution in [-0.4, -0.2) is 339 Å². The molecule has 0 spiro atoms. The summed E-state index contributed by atoms with van der Waals surface area (Å²) in [5.74, 6) is -5.99. The van der Waals surface area contributed by atoms with E-state index in [0.29, 0.717) is 70.6 Å². The predicted octanol–water partition coefficient (Wildman–Crippen LogP) is -3.18. The molecule has 21 N–H and O–H groups in total. The maximum absolute atomic E-state index is 14.6. The summed E-state index contributed by atoms with van der Waals surface area (Å²) in [5, 5.41) is 150. The molecule has 41 nitrogen and oxygen atoms in total. The molecule has 0 aromatic heterocycles. The number of aliphatic hydroxyl groups is 13. The second-order valence-electron chi connectivity index (χ2n) is 31.1. The Morgan fingerprint density at radius 2 is 0.756 bits per heavy atom. The summed E-state index contributed by atoms with van der Waals surface area (Å²) in [7, 11) is -3.51. The zero-order chi connectivity index (χ0) is 88.2. The van der Waals surface area contributed by atoms with Crippen LogP contribution >= 0.6 is 7.82 Å². The summed E-state index contributed by atoms with van der Waals surface area (Å²) in [5.41, 5.74) is 0. The summed E-state index contributed by atoms with van der Waals surface area (Å²) in [6, 6.07) is -5.64. The fraction of sp³-hybridized carbons (Fsp3) is 0.883. The average Bonchev–Trinajstić information content (AvgIpc) is 0.883. The van der Waals surface area contributed by atoms with Crippen LogP contribution in [0.3, 0.4) is 0 Å². The maximum atomic E-state index is 14.6. The summed E-state index contributed by atoms with van der Waals surface area (Å²) >= 11 is 0. The minimum Gasteiger partial charge on any atom is -0.394 e. The van der Waals surface area contributed by atoms with Gasteiger partial charge in [0, 0.05) is 116 Å². The molecule has 0 saturated carbocycles. The van der Waals surface area contributed by atoms with Crippen molar-refractivity contribution < 1.29 is 166 Å². The number of phosphoric ester groups is 1. The minimum atomic E-state index is -4.44. The monoisotopic (exact) mass is 1740 g/mol. The van der Waals surface area contributed by atoms with Gasteiger partial charge >= 0.3 is 7.82 Å². The first kappa shape index (κ1) is 106. The predicted molar refractivity (Wildman–Crippen MR) is 418 cm³/mol. The van der Waals surface area contributed by atoms with E-state index in [1.165, 1.54) is 6.92 Å². The van der Waals surface area contributed by atoms with Gasteiger partial charge in [-0.2, -0.15) is 0 Å². The van der Waals surface area contributed by atoms with E-state index in [2.05, 4.69) is 41.7 Å². The van der Waals surface area contributed by atoms with E-state index in [-0.39, 0.29) is 154 Å². The normalized spacial score (nSPS) is 28.6. The van der Waals surface area contributed by atoms with E-state index in [1.54, 1.807) is 20.8 Å². The number of carbonyl (C=O) groups excluding carboxylic acids is 9. The highest BCUT2D eigenvalue weighted by atomic mass is 31.2. The summed E-state index contributed by atoms with van der Waals surface area (Å²) in [6.45, 7) is 3.19. The number of ketones is 2. The van der Waals surface area contributed by atoms with Gasteiger partial charge in [0.2, 0.25) is 41.4 Å². The number of hydrogen-bond acceptors (Lipinski definition) is 33. The Kier molecular flexibility index (Phi) is 51.9. The Bertz CT molecular complexity index is 3010. The number of aliphatic hydroxyl groups excluding tert-OH is 13. The molecule has 7 amide bonds. The number of unbranched alkanes of at least 4 members (excludes halogenated alkanes) is 9. The third-order valence-corrected chi connectivity index (χ3v) is 22.4. The van der Waals surface area contributed by atoms with Crippen LogP contribution in [0.15, 0.2) is 0 Å². The number of Topliss-reactive ketones (excluding diaryl/α,β-unsaturated/α-hetero) is 2. The van der Waals surface area contributed by atoms with Gasteiger partial charge in [0.05, 0.1) is 70.0 Å². The Balaban J connectivity index is 1.43. The first-order chi connectivity index (χ1) is 56.7. The van der Waals surface area contributed by atoms with Crippen molar-refractivity contribution in [1.29, 1.82) is 0 Å². The summed E-state index contributed by atoms with van der Waals surface area (Å²) in [6.07, 6.45) is -13.0. The molecular formula is C77H138N7O34P. The lowest BCUT2D eigenvalue weighted by molar-refractivity contribution is -0.282. The van der Waals surface area contributed by atoms with Crippen molar-refractivity contribution in [2.45, 2.75) is 330 Å². The van der Waals surface area contributed by atoms with Crippen LogP contribution in [0.2, 0.25) is 0 Å². The SMILES string of the molecule is COP(=O)(O)OC[C@@H](CO)NC(=O)CCCCC(=O)[C@H](CCCCNC(=O)[C@H](CCCCCC(=O)CCCCO[C@@H]1O[C@H](CO)[C@H](O)[C@H](O)[C@H]1NC(C)=O)NC(=O)CCCCO[C@@H]1O[C@H](CO)[C@H](O)[C@H](O)[C@H]1C)NC(=O)[C@H](CCCCNC(=O)CCCCO[C@@H]1O[C@H](CO)[C@H](O)[C@H](O)[C@H]1C)NC(=O)CCCCO[C@@H]1O[C@H](CO)[C@H](O)[C@H](O)[C@H]1C. The molecule has 0 aliphatic carbocycles. The van der Waals surface area contributed by atoms with Gasteiger partial charge in [-0.05, 0) is 116 Å². The van der Waals surface area contributed by atoms with Crippen LogP contribution in [0, 0.1) is 17.8 Å². The van der Waals surface area contributed by atoms with Gasteiger partial charge in [-0.25, -0.2) is 4.57 Å². The molecule has 0 radical (unpaired) electrons. The van der Waals surface area contributed by atoms with Gasteiger partial charge in [-0.3, -0.25) is 52.2 Å². The summed E-state index contributed by atoms with van der Waals surface area (Å²) in [4.78, 5) is 131. The summed E-state index contributed by atoms with van der Waals surface area (Å²) < 4.78 is 66.7. The molecular weight excluding hydrogens is 1600 g/mol.